The summed E-state index contributed by atoms with van der Waals surface area (Å²) in [6, 6.07) is 13.5. The SMILES string of the molecule is CNC(c1ccc(C)c(F)c1)C1COc2ccccc21. The highest BCUT2D eigenvalue weighted by Gasteiger charge is 2.31. The number of halogens is 1. The highest BCUT2D eigenvalue weighted by atomic mass is 19.1. The highest BCUT2D eigenvalue weighted by molar-refractivity contribution is 5.42. The van der Waals surface area contributed by atoms with Crippen LogP contribution in [0.1, 0.15) is 28.7 Å². The van der Waals surface area contributed by atoms with Crippen molar-refractivity contribution in [1.29, 1.82) is 0 Å². The van der Waals surface area contributed by atoms with Crippen LogP contribution in [-0.2, 0) is 0 Å². The Morgan fingerprint density at radius 1 is 1.25 bits per heavy atom. The van der Waals surface area contributed by atoms with E-state index in [0.29, 0.717) is 12.2 Å². The number of aryl methyl sites for hydroxylation is 1. The molecule has 2 nitrogen and oxygen atoms in total. The zero-order valence-electron chi connectivity index (χ0n) is 11.7. The Labute approximate surface area is 118 Å². The molecular formula is C17H18FNO. The maximum Gasteiger partial charge on any atom is 0.126 e. The third-order valence-corrected chi connectivity index (χ3v) is 4.01. The van der Waals surface area contributed by atoms with E-state index < -0.39 is 0 Å². The number of fused-ring (bicyclic) bond motifs is 1. The van der Waals surface area contributed by atoms with E-state index in [2.05, 4.69) is 11.4 Å². The minimum Gasteiger partial charge on any atom is -0.493 e. The van der Waals surface area contributed by atoms with Gasteiger partial charge in [0.2, 0.25) is 0 Å². The number of hydrogen-bond acceptors (Lipinski definition) is 2. The van der Waals surface area contributed by atoms with E-state index in [9.17, 15) is 4.39 Å². The quantitative estimate of drug-likeness (QED) is 0.921. The molecule has 0 aliphatic carbocycles. The van der Waals surface area contributed by atoms with Crippen molar-refractivity contribution < 1.29 is 9.13 Å². The summed E-state index contributed by atoms with van der Waals surface area (Å²) in [5, 5.41) is 3.30. The molecule has 0 amide bonds. The van der Waals surface area contributed by atoms with Gasteiger partial charge in [-0.15, -0.1) is 0 Å². The second-order valence-corrected chi connectivity index (χ2v) is 5.23. The molecule has 1 heterocycles. The first-order valence-corrected chi connectivity index (χ1v) is 6.85. The van der Waals surface area contributed by atoms with Crippen molar-refractivity contribution in [3.63, 3.8) is 0 Å². The number of ether oxygens (including phenoxy) is 1. The van der Waals surface area contributed by atoms with Crippen molar-refractivity contribution in [2.45, 2.75) is 18.9 Å². The van der Waals surface area contributed by atoms with Gasteiger partial charge in [-0.05, 0) is 37.2 Å². The third-order valence-electron chi connectivity index (χ3n) is 4.01. The van der Waals surface area contributed by atoms with E-state index >= 15 is 0 Å². The molecule has 1 aliphatic heterocycles. The zero-order chi connectivity index (χ0) is 14.1. The van der Waals surface area contributed by atoms with Gasteiger partial charge in [0.15, 0.2) is 0 Å². The third kappa shape index (κ3) is 2.18. The van der Waals surface area contributed by atoms with Gasteiger partial charge < -0.3 is 10.1 Å². The lowest BCUT2D eigenvalue weighted by Crippen LogP contribution is -2.25. The number of rotatable bonds is 3. The van der Waals surface area contributed by atoms with Crippen LogP contribution in [0.25, 0.3) is 0 Å². The number of nitrogens with one attached hydrogen (secondary N) is 1. The molecule has 1 aliphatic rings. The minimum absolute atomic E-state index is 0.0498. The topological polar surface area (TPSA) is 21.3 Å². The van der Waals surface area contributed by atoms with E-state index in [1.165, 1.54) is 5.56 Å². The highest BCUT2D eigenvalue weighted by Crippen LogP contribution is 2.41. The zero-order valence-corrected chi connectivity index (χ0v) is 11.7. The van der Waals surface area contributed by atoms with E-state index in [0.717, 1.165) is 11.3 Å². The molecule has 104 valence electrons. The Kier molecular flexibility index (Phi) is 3.45. The van der Waals surface area contributed by atoms with Crippen LogP contribution in [0.3, 0.4) is 0 Å². The lowest BCUT2D eigenvalue weighted by atomic mass is 9.88. The maximum atomic E-state index is 13.8. The Morgan fingerprint density at radius 2 is 2.05 bits per heavy atom. The molecular weight excluding hydrogens is 253 g/mol. The first-order chi connectivity index (χ1) is 9.70. The van der Waals surface area contributed by atoms with E-state index in [4.69, 9.17) is 4.74 Å². The molecule has 0 bridgehead atoms. The number of benzene rings is 2. The second kappa shape index (κ2) is 5.25. The molecule has 3 heteroatoms. The molecule has 20 heavy (non-hydrogen) atoms. The van der Waals surface area contributed by atoms with E-state index in [-0.39, 0.29) is 17.8 Å². The van der Waals surface area contributed by atoms with Crippen LogP contribution >= 0.6 is 0 Å². The molecule has 0 spiro atoms. The number of hydrogen-bond donors (Lipinski definition) is 1. The monoisotopic (exact) mass is 271 g/mol. The average Bonchev–Trinajstić information content (AvgIpc) is 2.88. The van der Waals surface area contributed by atoms with Gasteiger partial charge in [-0.1, -0.05) is 30.3 Å². The summed E-state index contributed by atoms with van der Waals surface area (Å²) >= 11 is 0. The van der Waals surface area contributed by atoms with Crippen LogP contribution in [0.5, 0.6) is 5.75 Å². The van der Waals surface area contributed by atoms with Crippen molar-refractivity contribution in [3.8, 4) is 5.75 Å². The van der Waals surface area contributed by atoms with Crippen LogP contribution in [-0.4, -0.2) is 13.7 Å². The van der Waals surface area contributed by atoms with E-state index in [1.54, 1.807) is 13.0 Å². The molecule has 0 radical (unpaired) electrons. The molecule has 2 atom stereocenters. The Balaban J connectivity index is 1.97. The second-order valence-electron chi connectivity index (χ2n) is 5.23. The van der Waals surface area contributed by atoms with Crippen molar-refractivity contribution in [2.75, 3.05) is 13.7 Å². The van der Waals surface area contributed by atoms with Crippen LogP contribution in [0.2, 0.25) is 0 Å². The van der Waals surface area contributed by atoms with Gasteiger partial charge in [0.05, 0.1) is 6.61 Å². The molecule has 3 rings (SSSR count). The van der Waals surface area contributed by atoms with E-state index in [1.807, 2.05) is 37.4 Å². The largest absolute Gasteiger partial charge is 0.493 e. The Hall–Kier alpha value is -1.87. The fourth-order valence-corrected chi connectivity index (χ4v) is 2.87. The Bertz CT molecular complexity index is 626. The number of likely N-dealkylation sites (N-methyl/N-ethyl adjacent to an activating group) is 1. The van der Waals surface area contributed by atoms with Gasteiger partial charge >= 0.3 is 0 Å². The summed E-state index contributed by atoms with van der Waals surface area (Å²) in [4.78, 5) is 0. The summed E-state index contributed by atoms with van der Waals surface area (Å²) in [7, 11) is 1.91. The predicted octanol–water partition coefficient (Wildman–Crippen LogP) is 3.57. The fraction of sp³-hybridized carbons (Fsp3) is 0.294. The van der Waals surface area contributed by atoms with Crippen molar-refractivity contribution in [1.82, 2.24) is 5.32 Å². The predicted molar refractivity (Wildman–Crippen MR) is 77.6 cm³/mol. The summed E-state index contributed by atoms with van der Waals surface area (Å²) < 4.78 is 19.5. The molecule has 0 saturated heterocycles. The minimum atomic E-state index is -0.157. The van der Waals surface area contributed by atoms with Gasteiger partial charge in [0, 0.05) is 17.5 Å². The van der Waals surface area contributed by atoms with Crippen LogP contribution in [0.4, 0.5) is 4.39 Å². The van der Waals surface area contributed by atoms with Crippen LogP contribution < -0.4 is 10.1 Å². The van der Waals surface area contributed by atoms with Gasteiger partial charge in [-0.2, -0.15) is 0 Å². The summed E-state index contributed by atoms with van der Waals surface area (Å²) in [5.74, 6) is 0.985. The molecule has 1 N–H and O–H groups in total. The first kappa shape index (κ1) is 13.1. The molecule has 2 aromatic carbocycles. The molecule has 2 unspecified atom stereocenters. The summed E-state index contributed by atoms with van der Waals surface area (Å²) in [6.45, 7) is 2.40. The summed E-state index contributed by atoms with van der Waals surface area (Å²) in [6.07, 6.45) is 0. The number of para-hydroxylation sites is 1. The van der Waals surface area contributed by atoms with Gasteiger partial charge in [-0.25, -0.2) is 4.39 Å². The first-order valence-electron chi connectivity index (χ1n) is 6.85. The smallest absolute Gasteiger partial charge is 0.126 e. The summed E-state index contributed by atoms with van der Waals surface area (Å²) in [5.41, 5.74) is 2.82. The molecule has 0 aromatic heterocycles. The van der Waals surface area contributed by atoms with Crippen molar-refractivity contribution in [3.05, 3.63) is 65.0 Å². The molecule has 0 fully saturated rings. The van der Waals surface area contributed by atoms with Crippen molar-refractivity contribution in [2.24, 2.45) is 0 Å². The lowest BCUT2D eigenvalue weighted by molar-refractivity contribution is 0.304. The van der Waals surface area contributed by atoms with Crippen LogP contribution in [0, 0.1) is 12.7 Å². The van der Waals surface area contributed by atoms with Crippen LogP contribution in [0.15, 0.2) is 42.5 Å². The van der Waals surface area contributed by atoms with Gasteiger partial charge in [-0.3, -0.25) is 0 Å². The normalized spacial score (nSPS) is 18.4. The fourth-order valence-electron chi connectivity index (χ4n) is 2.87. The maximum absolute atomic E-state index is 13.8. The lowest BCUT2D eigenvalue weighted by Gasteiger charge is -2.23. The average molecular weight is 271 g/mol. The van der Waals surface area contributed by atoms with Crippen molar-refractivity contribution >= 4 is 0 Å². The standard InChI is InChI=1S/C17H18FNO/c1-11-7-8-12(9-15(11)18)17(19-2)14-10-20-16-6-4-3-5-13(14)16/h3-9,14,17,19H,10H2,1-2H3. The Morgan fingerprint density at radius 3 is 2.80 bits per heavy atom. The molecule has 0 saturated carbocycles. The van der Waals surface area contributed by atoms with Gasteiger partial charge in [0.25, 0.3) is 0 Å². The van der Waals surface area contributed by atoms with Gasteiger partial charge in [0.1, 0.15) is 11.6 Å². The molecule has 2 aromatic rings.